The standard InChI is InChI=1S/C22H20N8O/c23-9-11-26-21-28-20(15-24-13-16-14-27-19-7-2-1-6-18(16)19)29-22(30-21)31-12-8-17-5-3-4-10-25-17/h1-7,10,13-14,27H,8,11-12,15H2,(H,26,28,29,30). The predicted molar refractivity (Wildman–Crippen MR) is 117 cm³/mol. The first-order chi connectivity index (χ1) is 15.3. The number of hydrogen-bond donors (Lipinski definition) is 2. The van der Waals surface area contributed by atoms with Crippen LogP contribution < -0.4 is 10.1 Å². The van der Waals surface area contributed by atoms with Crippen molar-refractivity contribution in [2.45, 2.75) is 13.0 Å². The number of anilines is 1. The van der Waals surface area contributed by atoms with Crippen molar-refractivity contribution in [3.05, 3.63) is 71.9 Å². The average Bonchev–Trinajstić information content (AvgIpc) is 3.22. The lowest BCUT2D eigenvalue weighted by molar-refractivity contribution is 0.293. The number of benzene rings is 1. The molecule has 0 aliphatic carbocycles. The van der Waals surface area contributed by atoms with Gasteiger partial charge in [0.05, 0.1) is 19.2 Å². The van der Waals surface area contributed by atoms with E-state index in [0.29, 0.717) is 18.9 Å². The molecule has 0 aliphatic heterocycles. The summed E-state index contributed by atoms with van der Waals surface area (Å²) in [7, 11) is 0. The van der Waals surface area contributed by atoms with Crippen molar-refractivity contribution < 1.29 is 4.74 Å². The lowest BCUT2D eigenvalue weighted by Crippen LogP contribution is -2.11. The van der Waals surface area contributed by atoms with Crippen LogP contribution in [0.5, 0.6) is 6.01 Å². The molecule has 9 nitrogen and oxygen atoms in total. The molecule has 2 N–H and O–H groups in total. The van der Waals surface area contributed by atoms with E-state index in [9.17, 15) is 0 Å². The minimum absolute atomic E-state index is 0.0788. The molecule has 9 heteroatoms. The van der Waals surface area contributed by atoms with Gasteiger partial charge in [0.2, 0.25) is 5.95 Å². The van der Waals surface area contributed by atoms with Gasteiger partial charge in [-0.2, -0.15) is 20.2 Å². The van der Waals surface area contributed by atoms with Crippen LogP contribution >= 0.6 is 0 Å². The molecular weight excluding hydrogens is 392 g/mol. The van der Waals surface area contributed by atoms with E-state index in [1.54, 1.807) is 12.4 Å². The van der Waals surface area contributed by atoms with Gasteiger partial charge in [-0.15, -0.1) is 0 Å². The predicted octanol–water partition coefficient (Wildman–Crippen LogP) is 2.92. The molecule has 0 unspecified atom stereocenters. The minimum Gasteiger partial charge on any atom is -0.463 e. The number of rotatable bonds is 9. The van der Waals surface area contributed by atoms with Gasteiger partial charge in [0.15, 0.2) is 5.82 Å². The number of hydrogen-bond acceptors (Lipinski definition) is 8. The molecule has 0 fully saturated rings. The van der Waals surface area contributed by atoms with Crippen molar-refractivity contribution in [3.63, 3.8) is 0 Å². The molecular formula is C22H20N8O. The van der Waals surface area contributed by atoms with Crippen molar-refractivity contribution in [3.8, 4) is 12.1 Å². The van der Waals surface area contributed by atoms with Crippen LogP contribution in [-0.4, -0.2) is 44.3 Å². The molecule has 1 aromatic carbocycles. The van der Waals surface area contributed by atoms with Gasteiger partial charge in [0.25, 0.3) is 0 Å². The van der Waals surface area contributed by atoms with Crippen LogP contribution in [0.25, 0.3) is 10.9 Å². The quantitative estimate of drug-likeness (QED) is 0.320. The summed E-state index contributed by atoms with van der Waals surface area (Å²) < 4.78 is 5.70. The Kier molecular flexibility index (Phi) is 6.40. The molecule has 0 atom stereocenters. The van der Waals surface area contributed by atoms with E-state index < -0.39 is 0 Å². The molecule has 0 amide bonds. The van der Waals surface area contributed by atoms with Crippen molar-refractivity contribution in [2.24, 2.45) is 4.99 Å². The Morgan fingerprint density at radius 3 is 2.90 bits per heavy atom. The number of nitriles is 1. The molecule has 0 saturated carbocycles. The fraction of sp³-hybridized carbons (Fsp3) is 0.182. The van der Waals surface area contributed by atoms with Gasteiger partial charge in [0, 0.05) is 47.2 Å². The Labute approximate surface area is 178 Å². The summed E-state index contributed by atoms with van der Waals surface area (Å²) in [6.07, 6.45) is 6.06. The topological polar surface area (TPSA) is 125 Å². The van der Waals surface area contributed by atoms with Crippen molar-refractivity contribution >= 4 is 23.1 Å². The molecule has 4 aromatic rings. The molecule has 3 heterocycles. The second-order valence-corrected chi connectivity index (χ2v) is 6.55. The first kappa shape index (κ1) is 20.0. The lowest BCUT2D eigenvalue weighted by atomic mass is 10.2. The molecule has 0 aliphatic rings. The summed E-state index contributed by atoms with van der Waals surface area (Å²) in [4.78, 5) is 24.8. The van der Waals surface area contributed by atoms with Crippen molar-refractivity contribution in [1.29, 1.82) is 5.26 Å². The Bertz CT molecular complexity index is 1210. The van der Waals surface area contributed by atoms with Gasteiger partial charge < -0.3 is 15.0 Å². The molecule has 0 spiro atoms. The number of aromatic amines is 1. The monoisotopic (exact) mass is 412 g/mol. The highest BCUT2D eigenvalue weighted by Crippen LogP contribution is 2.16. The van der Waals surface area contributed by atoms with Crippen LogP contribution in [-0.2, 0) is 13.0 Å². The van der Waals surface area contributed by atoms with Gasteiger partial charge in [-0.25, -0.2) is 0 Å². The second kappa shape index (κ2) is 9.93. The summed E-state index contributed by atoms with van der Waals surface area (Å²) in [5.41, 5.74) is 2.96. The van der Waals surface area contributed by atoms with E-state index in [4.69, 9.17) is 10.00 Å². The molecule has 0 radical (unpaired) electrons. The number of pyridine rings is 1. The van der Waals surface area contributed by atoms with Crippen LogP contribution in [0.4, 0.5) is 5.95 Å². The highest BCUT2D eigenvalue weighted by Gasteiger charge is 2.08. The maximum Gasteiger partial charge on any atom is 0.321 e. The van der Waals surface area contributed by atoms with Gasteiger partial charge in [-0.05, 0) is 18.2 Å². The zero-order valence-corrected chi connectivity index (χ0v) is 16.7. The molecule has 154 valence electrons. The number of nitrogens with zero attached hydrogens (tertiary/aromatic N) is 6. The number of aliphatic imine (C=N–C) groups is 1. The van der Waals surface area contributed by atoms with E-state index in [2.05, 4.69) is 35.2 Å². The normalized spacial score (nSPS) is 10.9. The average molecular weight is 412 g/mol. The van der Waals surface area contributed by atoms with E-state index in [0.717, 1.165) is 22.2 Å². The molecule has 0 saturated heterocycles. The summed E-state index contributed by atoms with van der Waals surface area (Å²) in [5, 5.41) is 12.8. The number of aromatic nitrogens is 5. The summed E-state index contributed by atoms with van der Waals surface area (Å²) in [6, 6.07) is 15.9. The van der Waals surface area contributed by atoms with Crippen LogP contribution in [0, 0.1) is 11.3 Å². The number of fused-ring (bicyclic) bond motifs is 1. The van der Waals surface area contributed by atoms with E-state index >= 15 is 0 Å². The Hall–Kier alpha value is -4.32. The molecule has 31 heavy (non-hydrogen) atoms. The van der Waals surface area contributed by atoms with Crippen molar-refractivity contribution in [1.82, 2.24) is 24.9 Å². The highest BCUT2D eigenvalue weighted by molar-refractivity contribution is 5.98. The summed E-state index contributed by atoms with van der Waals surface area (Å²) in [6.45, 7) is 0.700. The van der Waals surface area contributed by atoms with Crippen LogP contribution in [0.3, 0.4) is 0 Å². The third-order valence-electron chi connectivity index (χ3n) is 4.39. The number of nitrogens with one attached hydrogen (secondary N) is 2. The third-order valence-corrected chi connectivity index (χ3v) is 4.39. The summed E-state index contributed by atoms with van der Waals surface area (Å²) in [5.74, 6) is 0.723. The highest BCUT2D eigenvalue weighted by atomic mass is 16.5. The SMILES string of the molecule is N#CCNc1nc(CN=Cc2c[nH]c3ccccc23)nc(OCCc2ccccn2)n1. The Balaban J connectivity index is 1.45. The Morgan fingerprint density at radius 1 is 1.13 bits per heavy atom. The van der Waals surface area contributed by atoms with Crippen LogP contribution in [0.2, 0.25) is 0 Å². The van der Waals surface area contributed by atoms with Crippen LogP contribution in [0.15, 0.2) is 59.9 Å². The molecule has 3 aromatic heterocycles. The minimum atomic E-state index is 0.0788. The largest absolute Gasteiger partial charge is 0.463 e. The van der Waals surface area contributed by atoms with Crippen LogP contribution in [0.1, 0.15) is 17.1 Å². The zero-order valence-electron chi connectivity index (χ0n) is 16.7. The number of ether oxygens (including phenoxy) is 1. The zero-order chi connectivity index (χ0) is 21.3. The van der Waals surface area contributed by atoms with Crippen molar-refractivity contribution in [2.75, 3.05) is 18.5 Å². The van der Waals surface area contributed by atoms with Gasteiger partial charge >= 0.3 is 6.01 Å². The van der Waals surface area contributed by atoms with Gasteiger partial charge in [-0.1, -0.05) is 24.3 Å². The van der Waals surface area contributed by atoms with E-state index in [1.165, 1.54) is 0 Å². The lowest BCUT2D eigenvalue weighted by Gasteiger charge is -2.07. The fourth-order valence-corrected chi connectivity index (χ4v) is 2.95. The maximum atomic E-state index is 8.82. The second-order valence-electron chi connectivity index (χ2n) is 6.55. The fourth-order valence-electron chi connectivity index (χ4n) is 2.95. The van der Waals surface area contributed by atoms with Gasteiger partial charge in [-0.3, -0.25) is 9.98 Å². The number of H-pyrrole nitrogens is 1. The Morgan fingerprint density at radius 2 is 2.03 bits per heavy atom. The summed E-state index contributed by atoms with van der Waals surface area (Å²) >= 11 is 0. The number of para-hydroxylation sites is 1. The smallest absolute Gasteiger partial charge is 0.321 e. The van der Waals surface area contributed by atoms with Gasteiger partial charge in [0.1, 0.15) is 6.54 Å². The molecule has 4 rings (SSSR count). The third kappa shape index (κ3) is 5.39. The first-order valence-corrected chi connectivity index (χ1v) is 9.76. The first-order valence-electron chi connectivity index (χ1n) is 9.76. The van der Waals surface area contributed by atoms with E-state index in [1.807, 2.05) is 54.7 Å². The molecule has 0 bridgehead atoms. The van der Waals surface area contributed by atoms with E-state index in [-0.39, 0.29) is 25.0 Å². The maximum absolute atomic E-state index is 8.82.